The summed E-state index contributed by atoms with van der Waals surface area (Å²) in [7, 11) is 0. The van der Waals surface area contributed by atoms with Crippen LogP contribution in [0, 0.1) is 0 Å². The Hall–Kier alpha value is -3.40. The smallest absolute Gasteiger partial charge is 0.406 e. The molecular weight excluding hydrogens is 415 g/mol. The molecule has 3 aromatic rings. The highest BCUT2D eigenvalue weighted by atomic mass is 32.1. The number of benzene rings is 2. The summed E-state index contributed by atoms with van der Waals surface area (Å²) in [6.45, 7) is 2.07. The number of nitrogens with zero attached hydrogens (tertiary/aromatic N) is 3. The monoisotopic (exact) mass is 433 g/mol. The highest BCUT2D eigenvalue weighted by Gasteiger charge is 2.30. The van der Waals surface area contributed by atoms with Gasteiger partial charge in [0.2, 0.25) is 0 Å². The molecule has 0 fully saturated rings. The Labute approximate surface area is 176 Å². The average molecular weight is 433 g/mol. The Morgan fingerprint density at radius 2 is 1.90 bits per heavy atom. The summed E-state index contributed by atoms with van der Waals surface area (Å²) >= 11 is 5.28. The van der Waals surface area contributed by atoms with E-state index < -0.39 is 6.36 Å². The summed E-state index contributed by atoms with van der Waals surface area (Å²) in [5.41, 5.74) is 2.63. The van der Waals surface area contributed by atoms with E-state index in [0.29, 0.717) is 16.6 Å². The van der Waals surface area contributed by atoms with Crippen LogP contribution < -0.4 is 15.4 Å². The van der Waals surface area contributed by atoms with Gasteiger partial charge in [-0.1, -0.05) is 25.1 Å². The number of thiocarbonyl (C=S) groups is 1. The van der Waals surface area contributed by atoms with Gasteiger partial charge in [-0.3, -0.25) is 0 Å². The zero-order valence-corrected chi connectivity index (χ0v) is 16.7. The largest absolute Gasteiger partial charge is 0.573 e. The number of anilines is 1. The zero-order chi connectivity index (χ0) is 21.6. The van der Waals surface area contributed by atoms with Gasteiger partial charge in [0.15, 0.2) is 10.9 Å². The highest BCUT2D eigenvalue weighted by molar-refractivity contribution is 7.80. The normalized spacial score (nSPS) is 11.5. The van der Waals surface area contributed by atoms with Crippen LogP contribution in [0.2, 0.25) is 0 Å². The third kappa shape index (κ3) is 6.05. The number of alkyl halides is 3. The van der Waals surface area contributed by atoms with Crippen molar-refractivity contribution in [1.82, 2.24) is 20.1 Å². The van der Waals surface area contributed by atoms with E-state index in [4.69, 9.17) is 12.2 Å². The van der Waals surface area contributed by atoms with Crippen LogP contribution in [0.3, 0.4) is 0 Å². The summed E-state index contributed by atoms with van der Waals surface area (Å²) < 4.78 is 42.0. The standard InChI is InChI=1S/C20H18F3N5OS/c1-2-14-5-3-4-6-17(14)26-19(30)24-12-11-18-25-13-28(27-18)15-7-9-16(10-8-15)29-20(21,22)23/h3-13H,2H2,1H3,(H2,24,26,30)/b12-11+. The molecule has 1 heterocycles. The topological polar surface area (TPSA) is 64.0 Å². The molecule has 30 heavy (non-hydrogen) atoms. The molecule has 156 valence electrons. The lowest BCUT2D eigenvalue weighted by atomic mass is 10.1. The van der Waals surface area contributed by atoms with Crippen molar-refractivity contribution < 1.29 is 17.9 Å². The first-order chi connectivity index (χ1) is 14.3. The number of hydrogen-bond acceptors (Lipinski definition) is 4. The Kier molecular flexibility index (Phi) is 6.68. The van der Waals surface area contributed by atoms with E-state index in [-0.39, 0.29) is 5.75 Å². The van der Waals surface area contributed by atoms with E-state index >= 15 is 0 Å². The van der Waals surface area contributed by atoms with E-state index in [1.807, 2.05) is 24.3 Å². The molecule has 0 bridgehead atoms. The highest BCUT2D eigenvalue weighted by Crippen LogP contribution is 2.23. The van der Waals surface area contributed by atoms with Crippen LogP contribution in [0.4, 0.5) is 18.9 Å². The molecule has 0 aliphatic heterocycles. The van der Waals surface area contributed by atoms with Crippen LogP contribution in [-0.2, 0) is 6.42 Å². The lowest BCUT2D eigenvalue weighted by molar-refractivity contribution is -0.274. The fraction of sp³-hybridized carbons (Fsp3) is 0.150. The Bertz CT molecular complexity index is 1030. The van der Waals surface area contributed by atoms with Crippen LogP contribution in [0.25, 0.3) is 11.8 Å². The molecule has 0 amide bonds. The van der Waals surface area contributed by atoms with Gasteiger partial charge < -0.3 is 15.4 Å². The second kappa shape index (κ2) is 9.40. The molecule has 0 atom stereocenters. The van der Waals surface area contributed by atoms with Crippen molar-refractivity contribution in [2.45, 2.75) is 19.7 Å². The Morgan fingerprint density at radius 3 is 2.60 bits per heavy atom. The molecule has 3 rings (SSSR count). The summed E-state index contributed by atoms with van der Waals surface area (Å²) in [5.74, 6) is 0.0937. The maximum atomic E-state index is 12.2. The molecular formula is C20H18F3N5OS. The quantitative estimate of drug-likeness (QED) is 0.550. The van der Waals surface area contributed by atoms with E-state index in [1.54, 1.807) is 12.3 Å². The van der Waals surface area contributed by atoms with E-state index in [2.05, 4.69) is 32.4 Å². The lowest BCUT2D eigenvalue weighted by Gasteiger charge is -2.11. The minimum atomic E-state index is -4.73. The number of nitrogens with one attached hydrogen (secondary N) is 2. The minimum absolute atomic E-state index is 0.304. The van der Waals surface area contributed by atoms with Gasteiger partial charge in [0.25, 0.3) is 0 Å². The van der Waals surface area contributed by atoms with Gasteiger partial charge in [-0.25, -0.2) is 9.67 Å². The minimum Gasteiger partial charge on any atom is -0.406 e. The van der Waals surface area contributed by atoms with E-state index in [1.165, 1.54) is 35.3 Å². The van der Waals surface area contributed by atoms with Crippen molar-refractivity contribution in [3.63, 3.8) is 0 Å². The number of para-hydroxylation sites is 1. The molecule has 0 aliphatic rings. The van der Waals surface area contributed by atoms with E-state index in [0.717, 1.165) is 17.7 Å². The predicted molar refractivity (Wildman–Crippen MR) is 112 cm³/mol. The Morgan fingerprint density at radius 1 is 1.17 bits per heavy atom. The number of halogens is 3. The first-order valence-electron chi connectivity index (χ1n) is 8.94. The second-order valence-electron chi connectivity index (χ2n) is 6.03. The van der Waals surface area contributed by atoms with Crippen LogP contribution in [-0.4, -0.2) is 26.2 Å². The molecule has 6 nitrogen and oxygen atoms in total. The number of aromatic nitrogens is 3. The third-order valence-corrected chi connectivity index (χ3v) is 4.16. The van der Waals surface area contributed by atoms with Crippen LogP contribution in [0.1, 0.15) is 18.3 Å². The van der Waals surface area contributed by atoms with Crippen LogP contribution in [0.5, 0.6) is 5.75 Å². The first-order valence-corrected chi connectivity index (χ1v) is 9.34. The molecule has 2 aromatic carbocycles. The molecule has 0 saturated carbocycles. The molecule has 0 saturated heterocycles. The van der Waals surface area contributed by atoms with Crippen LogP contribution >= 0.6 is 12.2 Å². The molecule has 2 N–H and O–H groups in total. The number of aryl methyl sites for hydroxylation is 1. The van der Waals surface area contributed by atoms with Crippen molar-refractivity contribution >= 4 is 29.1 Å². The molecule has 0 radical (unpaired) electrons. The van der Waals surface area contributed by atoms with Gasteiger partial charge in [0.1, 0.15) is 12.1 Å². The van der Waals surface area contributed by atoms with Gasteiger partial charge in [-0.2, -0.15) is 0 Å². The first kappa shape index (κ1) is 21.3. The SMILES string of the molecule is CCc1ccccc1NC(=S)N/C=C/c1ncn(-c2ccc(OC(F)(F)F)cc2)n1. The molecule has 0 unspecified atom stereocenters. The number of rotatable bonds is 6. The summed E-state index contributed by atoms with van der Waals surface area (Å²) in [4.78, 5) is 4.13. The summed E-state index contributed by atoms with van der Waals surface area (Å²) in [6, 6.07) is 13.2. The van der Waals surface area contributed by atoms with Crippen LogP contribution in [0.15, 0.2) is 61.1 Å². The van der Waals surface area contributed by atoms with Crippen molar-refractivity contribution in [3.8, 4) is 11.4 Å². The van der Waals surface area contributed by atoms with Crippen molar-refractivity contribution in [1.29, 1.82) is 0 Å². The number of ether oxygens (including phenoxy) is 1. The maximum Gasteiger partial charge on any atom is 0.573 e. The predicted octanol–water partition coefficient (Wildman–Crippen LogP) is 4.69. The maximum absolute atomic E-state index is 12.2. The second-order valence-corrected chi connectivity index (χ2v) is 6.44. The lowest BCUT2D eigenvalue weighted by Crippen LogP contribution is -2.24. The average Bonchev–Trinajstić information content (AvgIpc) is 3.16. The molecule has 0 aliphatic carbocycles. The molecule has 0 spiro atoms. The third-order valence-electron chi connectivity index (χ3n) is 3.94. The van der Waals surface area contributed by atoms with Gasteiger partial charge in [0, 0.05) is 18.0 Å². The van der Waals surface area contributed by atoms with Gasteiger partial charge in [-0.05, 0) is 54.5 Å². The fourth-order valence-electron chi connectivity index (χ4n) is 2.58. The number of hydrogen-bond donors (Lipinski definition) is 2. The van der Waals surface area contributed by atoms with Crippen molar-refractivity contribution in [2.75, 3.05) is 5.32 Å². The van der Waals surface area contributed by atoms with Gasteiger partial charge in [0.05, 0.1) is 5.69 Å². The fourth-order valence-corrected chi connectivity index (χ4v) is 2.76. The van der Waals surface area contributed by atoms with Crippen molar-refractivity contribution in [2.24, 2.45) is 0 Å². The van der Waals surface area contributed by atoms with E-state index in [9.17, 15) is 13.2 Å². The molecule has 1 aromatic heterocycles. The van der Waals surface area contributed by atoms with Gasteiger partial charge in [-0.15, -0.1) is 18.3 Å². The molecule has 10 heteroatoms. The summed E-state index contributed by atoms with van der Waals surface area (Å²) in [5, 5.41) is 10.7. The Balaban J connectivity index is 1.57. The zero-order valence-electron chi connectivity index (χ0n) is 15.8. The van der Waals surface area contributed by atoms with Gasteiger partial charge >= 0.3 is 6.36 Å². The summed E-state index contributed by atoms with van der Waals surface area (Å²) in [6.07, 6.45) is 0.828. The van der Waals surface area contributed by atoms with Crippen molar-refractivity contribution in [3.05, 3.63) is 72.4 Å².